The molecule has 0 saturated carbocycles. The predicted octanol–water partition coefficient (Wildman–Crippen LogP) is 2.63. The molecule has 1 aromatic carbocycles. The molecular weight excluding hydrogens is 283 g/mol. The summed E-state index contributed by atoms with van der Waals surface area (Å²) in [5, 5.41) is 4.27. The number of hydrogen-bond donors (Lipinski definition) is 1. The van der Waals surface area contributed by atoms with Crippen LogP contribution in [0.4, 0.5) is 5.69 Å². The Labute approximate surface area is 100 Å². The molecule has 0 atom stereocenters. The predicted molar refractivity (Wildman–Crippen MR) is 63.5 cm³/mol. The number of hydrazone groups is 1. The van der Waals surface area contributed by atoms with E-state index in [9.17, 15) is 4.79 Å². The smallest absolute Gasteiger partial charge is 0.365 e. The second-order valence-electron chi connectivity index (χ2n) is 2.49. The number of nitrogens with zero attached hydrogens (tertiary/aromatic N) is 1. The zero-order chi connectivity index (χ0) is 11.3. The number of halogens is 2. The summed E-state index contributed by atoms with van der Waals surface area (Å²) in [7, 11) is 1.27. The number of ether oxygens (including phenoxy) is 1. The number of anilines is 1. The molecule has 0 bridgehead atoms. The summed E-state index contributed by atoms with van der Waals surface area (Å²) in [5.41, 5.74) is 3.25. The summed E-state index contributed by atoms with van der Waals surface area (Å²) in [6.07, 6.45) is 0. The summed E-state index contributed by atoms with van der Waals surface area (Å²) in [6, 6.07) is 7.05. The normalized spacial score (nSPS) is 11.0. The van der Waals surface area contributed by atoms with Crippen LogP contribution in [0, 0.1) is 0 Å². The maximum atomic E-state index is 10.9. The second-order valence-corrected chi connectivity index (χ2v) is 3.64. The summed E-state index contributed by atoms with van der Waals surface area (Å²) in [4.78, 5) is 10.9. The van der Waals surface area contributed by atoms with E-state index < -0.39 is 5.97 Å². The van der Waals surface area contributed by atoms with Crippen molar-refractivity contribution in [2.75, 3.05) is 12.5 Å². The Bertz CT molecular complexity index is 395. The average molecular weight is 292 g/mol. The molecule has 0 amide bonds. The molecule has 1 rings (SSSR count). The highest BCUT2D eigenvalue weighted by Gasteiger charge is 2.07. The first-order valence-corrected chi connectivity index (χ1v) is 5.14. The molecule has 4 nitrogen and oxygen atoms in total. The molecule has 0 spiro atoms. The summed E-state index contributed by atoms with van der Waals surface area (Å²) in [6.45, 7) is 0. The van der Waals surface area contributed by atoms with E-state index in [1.54, 1.807) is 24.3 Å². The molecule has 0 fully saturated rings. The van der Waals surface area contributed by atoms with Crippen molar-refractivity contribution >= 4 is 43.8 Å². The van der Waals surface area contributed by atoms with Crippen molar-refractivity contribution in [3.63, 3.8) is 0 Å². The van der Waals surface area contributed by atoms with Crippen molar-refractivity contribution < 1.29 is 9.53 Å². The molecule has 0 aliphatic heterocycles. The first-order chi connectivity index (χ1) is 7.15. The van der Waals surface area contributed by atoms with Gasteiger partial charge in [0.1, 0.15) is 0 Å². The maximum absolute atomic E-state index is 10.9. The minimum absolute atomic E-state index is 0.0462. The average Bonchev–Trinajstić information content (AvgIpc) is 2.26. The first-order valence-electron chi connectivity index (χ1n) is 3.97. The van der Waals surface area contributed by atoms with Gasteiger partial charge in [0.15, 0.2) is 0 Å². The van der Waals surface area contributed by atoms with Crippen LogP contribution in [-0.2, 0) is 9.53 Å². The highest BCUT2D eigenvalue weighted by atomic mass is 79.9. The summed E-state index contributed by atoms with van der Waals surface area (Å²) < 4.78 is 4.49. The first kappa shape index (κ1) is 12.0. The van der Waals surface area contributed by atoms with Crippen LogP contribution >= 0.6 is 27.5 Å². The lowest BCUT2D eigenvalue weighted by molar-refractivity contribution is -0.132. The molecule has 0 aromatic heterocycles. The number of rotatable bonds is 3. The molecule has 1 aromatic rings. The topological polar surface area (TPSA) is 50.7 Å². The summed E-state index contributed by atoms with van der Waals surface area (Å²) >= 11 is 8.81. The Balaban J connectivity index is 2.72. The molecule has 6 heteroatoms. The second kappa shape index (κ2) is 5.72. The van der Waals surface area contributed by atoms with Crippen molar-refractivity contribution in [3.8, 4) is 0 Å². The number of carbonyl (C=O) groups is 1. The highest BCUT2D eigenvalue weighted by molar-refractivity contribution is 9.19. The molecule has 1 N–H and O–H groups in total. The van der Waals surface area contributed by atoms with E-state index in [1.807, 2.05) is 0 Å². The zero-order valence-corrected chi connectivity index (χ0v) is 10.2. The third kappa shape index (κ3) is 3.53. The summed E-state index contributed by atoms with van der Waals surface area (Å²) in [5.74, 6) is -0.561. The van der Waals surface area contributed by atoms with Gasteiger partial charge >= 0.3 is 5.97 Å². The Morgan fingerprint density at radius 2 is 2.20 bits per heavy atom. The molecule has 0 unspecified atom stereocenters. The van der Waals surface area contributed by atoms with Gasteiger partial charge in [0.05, 0.1) is 17.8 Å². The van der Waals surface area contributed by atoms with Crippen LogP contribution in [0.15, 0.2) is 29.4 Å². The highest BCUT2D eigenvalue weighted by Crippen LogP contribution is 2.20. The quantitative estimate of drug-likeness (QED) is 0.529. The standard InChI is InChI=1S/C9H8BrClN2O2/c1-15-9(14)8(10)13-12-7-5-3-2-4-6(7)11/h2-5,12H,1H3/b13-8+. The number of para-hydroxylation sites is 1. The van der Waals surface area contributed by atoms with Gasteiger partial charge in [0.2, 0.25) is 4.62 Å². The van der Waals surface area contributed by atoms with Crippen LogP contribution in [-0.4, -0.2) is 17.7 Å². The molecule has 0 aliphatic carbocycles. The van der Waals surface area contributed by atoms with Gasteiger partial charge in [-0.1, -0.05) is 23.7 Å². The van der Waals surface area contributed by atoms with Crippen LogP contribution in [0.5, 0.6) is 0 Å². The van der Waals surface area contributed by atoms with E-state index in [2.05, 4.69) is 31.2 Å². The largest absolute Gasteiger partial charge is 0.464 e. The lowest BCUT2D eigenvalue weighted by Gasteiger charge is -2.02. The maximum Gasteiger partial charge on any atom is 0.365 e. The van der Waals surface area contributed by atoms with Crippen LogP contribution in [0.2, 0.25) is 5.02 Å². The molecule has 0 radical (unpaired) electrons. The third-order valence-electron chi connectivity index (χ3n) is 1.50. The Hall–Kier alpha value is -1.07. The zero-order valence-electron chi connectivity index (χ0n) is 7.83. The van der Waals surface area contributed by atoms with Crippen molar-refractivity contribution in [2.24, 2.45) is 5.10 Å². The molecule has 0 heterocycles. The fraction of sp³-hybridized carbons (Fsp3) is 0.111. The monoisotopic (exact) mass is 290 g/mol. The molecular formula is C9H8BrClN2O2. The van der Waals surface area contributed by atoms with Gasteiger partial charge < -0.3 is 4.74 Å². The number of carbonyl (C=O) groups excluding carboxylic acids is 1. The van der Waals surface area contributed by atoms with Gasteiger partial charge in [-0.2, -0.15) is 5.10 Å². The lowest BCUT2D eigenvalue weighted by Crippen LogP contribution is -2.10. The van der Waals surface area contributed by atoms with Crippen LogP contribution in [0.1, 0.15) is 0 Å². The number of benzene rings is 1. The number of esters is 1. The van der Waals surface area contributed by atoms with E-state index >= 15 is 0 Å². The van der Waals surface area contributed by atoms with Crippen molar-refractivity contribution in [1.29, 1.82) is 0 Å². The van der Waals surface area contributed by atoms with Crippen molar-refractivity contribution in [1.82, 2.24) is 0 Å². The van der Waals surface area contributed by atoms with Gasteiger partial charge in [0.25, 0.3) is 0 Å². The number of methoxy groups -OCH3 is 1. The minimum Gasteiger partial charge on any atom is -0.464 e. The Kier molecular flexibility index (Phi) is 4.58. The van der Waals surface area contributed by atoms with E-state index in [0.29, 0.717) is 10.7 Å². The molecule has 15 heavy (non-hydrogen) atoms. The number of nitrogens with one attached hydrogen (secondary N) is 1. The van der Waals surface area contributed by atoms with E-state index in [-0.39, 0.29) is 4.62 Å². The number of hydrogen-bond acceptors (Lipinski definition) is 4. The van der Waals surface area contributed by atoms with E-state index in [0.717, 1.165) is 0 Å². The van der Waals surface area contributed by atoms with Crippen molar-refractivity contribution in [3.05, 3.63) is 29.3 Å². The molecule has 0 saturated heterocycles. The van der Waals surface area contributed by atoms with Gasteiger partial charge in [0, 0.05) is 0 Å². The van der Waals surface area contributed by atoms with Crippen LogP contribution in [0.3, 0.4) is 0 Å². The fourth-order valence-electron chi connectivity index (χ4n) is 0.791. The minimum atomic E-state index is -0.561. The van der Waals surface area contributed by atoms with Crippen LogP contribution < -0.4 is 5.43 Å². The SMILES string of the molecule is COC(=O)/C(Br)=N\Nc1ccccc1Cl. The van der Waals surface area contributed by atoms with E-state index in [1.165, 1.54) is 7.11 Å². The van der Waals surface area contributed by atoms with Gasteiger partial charge in [-0.05, 0) is 28.1 Å². The Morgan fingerprint density at radius 3 is 2.80 bits per heavy atom. The fourth-order valence-corrected chi connectivity index (χ4v) is 1.22. The third-order valence-corrected chi connectivity index (χ3v) is 2.33. The molecule has 0 aliphatic rings. The van der Waals surface area contributed by atoms with Gasteiger partial charge in [-0.15, -0.1) is 0 Å². The Morgan fingerprint density at radius 1 is 1.53 bits per heavy atom. The van der Waals surface area contributed by atoms with Gasteiger partial charge in [-0.25, -0.2) is 4.79 Å². The van der Waals surface area contributed by atoms with Crippen LogP contribution in [0.25, 0.3) is 0 Å². The lowest BCUT2D eigenvalue weighted by atomic mass is 10.3. The molecule has 80 valence electrons. The van der Waals surface area contributed by atoms with Gasteiger partial charge in [-0.3, -0.25) is 5.43 Å². The van der Waals surface area contributed by atoms with E-state index in [4.69, 9.17) is 11.6 Å². The van der Waals surface area contributed by atoms with Crippen molar-refractivity contribution in [2.45, 2.75) is 0 Å².